The second-order valence-corrected chi connectivity index (χ2v) is 8.33. The number of benzodiazepines with no additional fused rings is 1. The molecule has 1 atom stereocenters. The molecule has 1 heterocycles. The van der Waals surface area contributed by atoms with Gasteiger partial charge in [0.05, 0.1) is 19.3 Å². The maximum absolute atomic E-state index is 13.6. The summed E-state index contributed by atoms with van der Waals surface area (Å²) in [6.07, 6.45) is 0.900. The van der Waals surface area contributed by atoms with Gasteiger partial charge < -0.3 is 14.7 Å². The van der Waals surface area contributed by atoms with Gasteiger partial charge in [-0.05, 0) is 60.4 Å². The summed E-state index contributed by atoms with van der Waals surface area (Å²) in [6, 6.07) is 19.2. The Morgan fingerprint density at radius 2 is 1.81 bits per heavy atom. The molecule has 0 saturated carbocycles. The van der Waals surface area contributed by atoms with Crippen molar-refractivity contribution in [1.82, 2.24) is 0 Å². The van der Waals surface area contributed by atoms with Crippen molar-refractivity contribution in [3.8, 4) is 11.5 Å². The molecule has 3 aromatic rings. The monoisotopic (exact) mass is 468 g/mol. The maximum atomic E-state index is 13.6. The number of nitrogens with zero attached hydrogens (tertiary/aromatic N) is 2. The van der Waals surface area contributed by atoms with Gasteiger partial charge in [0.15, 0.2) is 0 Å². The molecule has 1 N–H and O–H groups in total. The van der Waals surface area contributed by atoms with Gasteiger partial charge in [0.2, 0.25) is 0 Å². The van der Waals surface area contributed by atoms with E-state index in [-0.39, 0.29) is 16.8 Å². The maximum Gasteiger partial charge on any atom is 0.252 e. The Bertz CT molecular complexity index is 1160. The third-order valence-corrected chi connectivity index (χ3v) is 6.01. The first-order chi connectivity index (χ1) is 15.5. The molecule has 0 aromatic heterocycles. The predicted molar refractivity (Wildman–Crippen MR) is 128 cm³/mol. The van der Waals surface area contributed by atoms with Gasteiger partial charge in [-0.3, -0.25) is 9.79 Å². The molecule has 164 valence electrons. The zero-order valence-electron chi connectivity index (χ0n) is 17.5. The van der Waals surface area contributed by atoms with E-state index in [0.717, 1.165) is 16.9 Å². The van der Waals surface area contributed by atoms with Crippen molar-refractivity contribution in [3.63, 3.8) is 0 Å². The van der Waals surface area contributed by atoms with Crippen molar-refractivity contribution in [1.29, 1.82) is 0 Å². The topological polar surface area (TPSA) is 62.1 Å². The van der Waals surface area contributed by atoms with Crippen LogP contribution in [0.5, 0.6) is 11.5 Å². The number of amides is 1. The number of methoxy groups -OCH3 is 1. The third kappa shape index (κ3) is 4.74. The lowest BCUT2D eigenvalue weighted by Crippen LogP contribution is -2.37. The second-order valence-electron chi connectivity index (χ2n) is 7.54. The van der Waals surface area contributed by atoms with Crippen molar-refractivity contribution in [3.05, 3.63) is 88.4 Å². The van der Waals surface area contributed by atoms with Crippen LogP contribution in [0.2, 0.25) is 5.02 Å². The number of aryl methyl sites for hydroxylation is 1. The van der Waals surface area contributed by atoms with Crippen molar-refractivity contribution < 1.29 is 14.6 Å². The van der Waals surface area contributed by atoms with E-state index in [1.54, 1.807) is 42.3 Å². The van der Waals surface area contributed by atoms with E-state index in [4.69, 9.17) is 27.9 Å². The SMILES string of the molecule is COc1ccc(CN2C(=O)C(CCc3ccccc3O)N=C(Cl)c3cc(Cl)ccc32)cc1. The quantitative estimate of drug-likeness (QED) is 0.512. The van der Waals surface area contributed by atoms with Crippen molar-refractivity contribution in [2.24, 2.45) is 4.99 Å². The summed E-state index contributed by atoms with van der Waals surface area (Å²) in [5, 5.41) is 10.9. The van der Waals surface area contributed by atoms with Gasteiger partial charge in [-0.15, -0.1) is 0 Å². The highest BCUT2D eigenvalue weighted by atomic mass is 35.5. The van der Waals surface area contributed by atoms with E-state index in [2.05, 4.69) is 4.99 Å². The number of halogens is 2. The predicted octanol–water partition coefficient (Wildman–Crippen LogP) is 5.59. The summed E-state index contributed by atoms with van der Waals surface area (Å²) >= 11 is 12.8. The number of anilines is 1. The van der Waals surface area contributed by atoms with Crippen LogP contribution in [0.1, 0.15) is 23.1 Å². The average molecular weight is 469 g/mol. The lowest BCUT2D eigenvalue weighted by molar-refractivity contribution is -0.120. The number of hydrogen-bond acceptors (Lipinski definition) is 4. The molecule has 5 nitrogen and oxygen atoms in total. The third-order valence-electron chi connectivity index (χ3n) is 5.47. The van der Waals surface area contributed by atoms with Gasteiger partial charge in [-0.2, -0.15) is 0 Å². The number of rotatable bonds is 6. The molecule has 0 radical (unpaired) electrons. The number of hydrogen-bond donors (Lipinski definition) is 1. The van der Waals surface area contributed by atoms with Crippen molar-refractivity contribution in [2.45, 2.75) is 25.4 Å². The minimum atomic E-state index is -0.688. The minimum Gasteiger partial charge on any atom is -0.508 e. The van der Waals surface area contributed by atoms with Gasteiger partial charge in [-0.25, -0.2) is 0 Å². The van der Waals surface area contributed by atoms with Crippen LogP contribution in [0.25, 0.3) is 0 Å². The number of fused-ring (bicyclic) bond motifs is 1. The Balaban J connectivity index is 1.67. The largest absolute Gasteiger partial charge is 0.508 e. The van der Waals surface area contributed by atoms with Crippen LogP contribution in [0, 0.1) is 0 Å². The van der Waals surface area contributed by atoms with E-state index in [1.165, 1.54) is 0 Å². The van der Waals surface area contributed by atoms with Crippen LogP contribution in [0.4, 0.5) is 5.69 Å². The summed E-state index contributed by atoms with van der Waals surface area (Å²) in [6.45, 7) is 0.351. The van der Waals surface area contributed by atoms with E-state index in [1.807, 2.05) is 36.4 Å². The lowest BCUT2D eigenvalue weighted by atomic mass is 10.0. The first-order valence-corrected chi connectivity index (χ1v) is 11.0. The number of ether oxygens (including phenoxy) is 1. The Morgan fingerprint density at radius 3 is 2.53 bits per heavy atom. The highest BCUT2D eigenvalue weighted by molar-refractivity contribution is 6.70. The number of para-hydroxylation sites is 1. The van der Waals surface area contributed by atoms with Gasteiger partial charge in [0.1, 0.15) is 22.7 Å². The van der Waals surface area contributed by atoms with Crippen molar-refractivity contribution in [2.75, 3.05) is 12.0 Å². The molecule has 0 bridgehead atoms. The number of aromatic hydroxyl groups is 1. The number of aliphatic imine (C=N–C) groups is 1. The molecule has 4 rings (SSSR count). The Kier molecular flexibility index (Phi) is 6.68. The smallest absolute Gasteiger partial charge is 0.252 e. The lowest BCUT2D eigenvalue weighted by Gasteiger charge is -2.25. The molecule has 7 heteroatoms. The molecule has 0 spiro atoms. The van der Waals surface area contributed by atoms with E-state index in [0.29, 0.717) is 35.7 Å². The number of phenols is 1. The number of benzene rings is 3. The Labute approximate surface area is 196 Å². The molecule has 1 unspecified atom stereocenters. The van der Waals surface area contributed by atoms with E-state index in [9.17, 15) is 9.90 Å². The Morgan fingerprint density at radius 1 is 1.06 bits per heavy atom. The molecule has 1 aliphatic rings. The van der Waals surface area contributed by atoms with Gasteiger partial charge in [0.25, 0.3) is 5.91 Å². The van der Waals surface area contributed by atoms with Gasteiger partial charge in [-0.1, -0.05) is 53.5 Å². The highest BCUT2D eigenvalue weighted by Gasteiger charge is 2.31. The standard InChI is InChI=1S/C25H22Cl2N2O3/c1-32-19-10-6-16(7-11-19)15-29-22-13-9-18(26)14-20(22)24(27)28-21(25(29)31)12-8-17-4-2-3-5-23(17)30/h2-7,9-11,13-14,21,30H,8,12,15H2,1H3. The molecule has 0 fully saturated rings. The summed E-state index contributed by atoms with van der Waals surface area (Å²) < 4.78 is 5.23. The molecule has 3 aromatic carbocycles. The fourth-order valence-electron chi connectivity index (χ4n) is 3.75. The molecule has 0 saturated heterocycles. The van der Waals surface area contributed by atoms with E-state index < -0.39 is 6.04 Å². The van der Waals surface area contributed by atoms with Crippen LogP contribution in [0.3, 0.4) is 0 Å². The average Bonchev–Trinajstić information content (AvgIpc) is 2.89. The van der Waals surface area contributed by atoms with Crippen LogP contribution in [-0.4, -0.2) is 29.3 Å². The molecular formula is C25H22Cl2N2O3. The van der Waals surface area contributed by atoms with Gasteiger partial charge >= 0.3 is 0 Å². The molecule has 32 heavy (non-hydrogen) atoms. The first-order valence-electron chi connectivity index (χ1n) is 10.2. The summed E-state index contributed by atoms with van der Waals surface area (Å²) in [5.41, 5.74) is 2.98. The molecule has 1 amide bonds. The zero-order valence-corrected chi connectivity index (χ0v) is 19.0. The highest BCUT2D eigenvalue weighted by Crippen LogP contribution is 2.32. The fraction of sp³-hybridized carbons (Fsp3) is 0.200. The normalized spacial score (nSPS) is 15.7. The number of carbonyl (C=O) groups excluding carboxylic acids is 1. The Hall–Kier alpha value is -3.02. The van der Waals surface area contributed by atoms with Crippen molar-refractivity contribution >= 4 is 40.0 Å². The van der Waals surface area contributed by atoms with Crippen LogP contribution >= 0.6 is 23.2 Å². The number of carbonyl (C=O) groups is 1. The number of phenolic OH excluding ortho intramolecular Hbond substituents is 1. The summed E-state index contributed by atoms with van der Waals surface area (Å²) in [4.78, 5) is 19.8. The summed E-state index contributed by atoms with van der Waals surface area (Å²) in [7, 11) is 1.61. The zero-order chi connectivity index (χ0) is 22.7. The molecule has 1 aliphatic heterocycles. The second kappa shape index (κ2) is 9.63. The summed E-state index contributed by atoms with van der Waals surface area (Å²) in [5.74, 6) is 0.791. The van der Waals surface area contributed by atoms with Crippen LogP contribution in [-0.2, 0) is 17.8 Å². The van der Waals surface area contributed by atoms with E-state index >= 15 is 0 Å². The molecular weight excluding hydrogens is 447 g/mol. The van der Waals surface area contributed by atoms with Gasteiger partial charge in [0, 0.05) is 10.6 Å². The van der Waals surface area contributed by atoms with Crippen LogP contribution < -0.4 is 9.64 Å². The molecule has 0 aliphatic carbocycles. The van der Waals surface area contributed by atoms with Crippen LogP contribution in [0.15, 0.2) is 71.7 Å². The minimum absolute atomic E-state index is 0.157. The fourth-order valence-corrected chi connectivity index (χ4v) is 4.19. The first kappa shape index (κ1) is 22.2.